The molecule has 0 fully saturated rings. The van der Waals surface area contributed by atoms with E-state index < -0.39 is 39.9 Å². The number of hydrogen-bond acceptors (Lipinski definition) is 6. The molecule has 2 aromatic carbocycles. The van der Waals surface area contributed by atoms with Gasteiger partial charge in [0.1, 0.15) is 5.82 Å². The number of sulfonamides is 1. The van der Waals surface area contributed by atoms with E-state index in [-0.39, 0.29) is 21.9 Å². The molecule has 0 saturated carbocycles. The highest BCUT2D eigenvalue weighted by molar-refractivity contribution is 7.89. The molecule has 0 bridgehead atoms. The van der Waals surface area contributed by atoms with Crippen LogP contribution in [0.1, 0.15) is 27.6 Å². The topological polar surface area (TPSA) is 119 Å². The number of ketones is 1. The molecule has 0 saturated heterocycles. The molecule has 0 heterocycles. The Morgan fingerprint density at radius 1 is 1.07 bits per heavy atom. The molecular formula is C18H17FN2O6S. The Bertz CT molecular complexity index is 1040. The molecule has 0 aliphatic carbocycles. The van der Waals surface area contributed by atoms with E-state index in [9.17, 15) is 27.2 Å². The van der Waals surface area contributed by atoms with E-state index in [4.69, 9.17) is 4.74 Å². The van der Waals surface area contributed by atoms with Crippen LogP contribution in [0.15, 0.2) is 47.4 Å². The van der Waals surface area contributed by atoms with Gasteiger partial charge in [-0.25, -0.2) is 22.3 Å². The molecule has 0 aliphatic heterocycles. The first-order valence-electron chi connectivity index (χ1n) is 7.95. The third-order valence-corrected chi connectivity index (χ3v) is 5.06. The molecule has 10 heteroatoms. The van der Waals surface area contributed by atoms with E-state index in [1.807, 2.05) is 4.72 Å². The van der Waals surface area contributed by atoms with Crippen molar-refractivity contribution in [2.75, 3.05) is 19.0 Å². The molecule has 0 radical (unpaired) electrons. The highest BCUT2D eigenvalue weighted by Crippen LogP contribution is 2.17. The summed E-state index contributed by atoms with van der Waals surface area (Å²) in [5.41, 5.74) is -0.115. The summed E-state index contributed by atoms with van der Waals surface area (Å²) in [7, 11) is -2.72. The fourth-order valence-electron chi connectivity index (χ4n) is 2.24. The van der Waals surface area contributed by atoms with Crippen LogP contribution in [0.5, 0.6) is 0 Å². The molecule has 0 spiro atoms. The minimum absolute atomic E-state index is 0.240. The van der Waals surface area contributed by atoms with Gasteiger partial charge in [-0.3, -0.25) is 9.59 Å². The van der Waals surface area contributed by atoms with Crippen molar-refractivity contribution in [1.29, 1.82) is 0 Å². The Labute approximate surface area is 160 Å². The number of esters is 1. The van der Waals surface area contributed by atoms with Crippen LogP contribution in [-0.2, 0) is 19.6 Å². The maximum atomic E-state index is 13.9. The third-order valence-electron chi connectivity index (χ3n) is 3.65. The lowest BCUT2D eigenvalue weighted by atomic mass is 10.1. The second-order valence-corrected chi connectivity index (χ2v) is 7.46. The number of amides is 1. The molecule has 1 amide bonds. The molecule has 148 valence electrons. The molecule has 2 rings (SSSR count). The van der Waals surface area contributed by atoms with Crippen molar-refractivity contribution in [2.24, 2.45) is 0 Å². The van der Waals surface area contributed by atoms with Gasteiger partial charge in [-0.1, -0.05) is 12.1 Å². The van der Waals surface area contributed by atoms with Crippen LogP contribution in [0, 0.1) is 5.82 Å². The van der Waals surface area contributed by atoms with E-state index in [1.165, 1.54) is 26.1 Å². The van der Waals surface area contributed by atoms with Gasteiger partial charge in [-0.05, 0) is 44.3 Å². The number of ether oxygens (including phenoxy) is 1. The van der Waals surface area contributed by atoms with Crippen LogP contribution in [0.2, 0.25) is 0 Å². The van der Waals surface area contributed by atoms with Crippen molar-refractivity contribution in [3.8, 4) is 0 Å². The van der Waals surface area contributed by atoms with Crippen molar-refractivity contribution in [3.63, 3.8) is 0 Å². The molecular weight excluding hydrogens is 391 g/mol. The van der Waals surface area contributed by atoms with Gasteiger partial charge in [0.25, 0.3) is 5.91 Å². The van der Waals surface area contributed by atoms with Gasteiger partial charge in [-0.15, -0.1) is 0 Å². The molecule has 0 atom stereocenters. The summed E-state index contributed by atoms with van der Waals surface area (Å²) in [6.07, 6.45) is 0. The Kier molecular flexibility index (Phi) is 6.60. The van der Waals surface area contributed by atoms with E-state index in [0.717, 1.165) is 18.2 Å². The van der Waals surface area contributed by atoms with E-state index in [2.05, 4.69) is 5.32 Å². The van der Waals surface area contributed by atoms with Crippen LogP contribution in [-0.4, -0.2) is 39.7 Å². The van der Waals surface area contributed by atoms with Gasteiger partial charge >= 0.3 is 5.97 Å². The predicted octanol–water partition coefficient (Wildman–Crippen LogP) is 1.73. The number of Topliss-reactive ketones (excluding diaryl/α,β-unsaturated/α-hetero) is 1. The number of anilines is 1. The van der Waals surface area contributed by atoms with Crippen LogP contribution >= 0.6 is 0 Å². The average molecular weight is 408 g/mol. The molecule has 8 nitrogen and oxygen atoms in total. The summed E-state index contributed by atoms with van der Waals surface area (Å²) in [5.74, 6) is -3.22. The van der Waals surface area contributed by atoms with Gasteiger partial charge in [0.15, 0.2) is 12.4 Å². The summed E-state index contributed by atoms with van der Waals surface area (Å²) in [4.78, 5) is 35.2. The monoisotopic (exact) mass is 408 g/mol. The summed E-state index contributed by atoms with van der Waals surface area (Å²) >= 11 is 0. The fourth-order valence-corrected chi connectivity index (χ4v) is 3.00. The highest BCUT2D eigenvalue weighted by Gasteiger charge is 2.20. The zero-order chi connectivity index (χ0) is 20.9. The predicted molar refractivity (Wildman–Crippen MR) is 98.0 cm³/mol. The number of nitrogens with one attached hydrogen (secondary N) is 2. The molecule has 2 N–H and O–H groups in total. The zero-order valence-electron chi connectivity index (χ0n) is 15.0. The number of para-hydroxylation sites is 1. The normalized spacial score (nSPS) is 11.0. The number of hydrogen-bond donors (Lipinski definition) is 2. The average Bonchev–Trinajstić information content (AvgIpc) is 2.66. The summed E-state index contributed by atoms with van der Waals surface area (Å²) in [6, 6.07) is 8.87. The second-order valence-electron chi connectivity index (χ2n) is 5.58. The van der Waals surface area contributed by atoms with Crippen LogP contribution in [0.4, 0.5) is 10.1 Å². The van der Waals surface area contributed by atoms with Crippen molar-refractivity contribution in [1.82, 2.24) is 4.72 Å². The number of benzene rings is 2. The summed E-state index contributed by atoms with van der Waals surface area (Å²) in [6.45, 7) is 0.577. The fraction of sp³-hybridized carbons (Fsp3) is 0.167. The van der Waals surface area contributed by atoms with E-state index >= 15 is 0 Å². The molecule has 28 heavy (non-hydrogen) atoms. The van der Waals surface area contributed by atoms with Gasteiger partial charge in [-0.2, -0.15) is 0 Å². The van der Waals surface area contributed by atoms with Gasteiger partial charge in [0.05, 0.1) is 16.1 Å². The number of rotatable bonds is 7. The molecule has 0 aliphatic rings. The number of carbonyl (C=O) groups excluding carboxylic acids is 3. The van der Waals surface area contributed by atoms with Crippen LogP contribution in [0.25, 0.3) is 0 Å². The molecule has 0 unspecified atom stereocenters. The molecule has 0 aromatic heterocycles. The Hall–Kier alpha value is -3.11. The van der Waals surface area contributed by atoms with Gasteiger partial charge < -0.3 is 10.1 Å². The SMILES string of the molecule is CNS(=O)(=O)c1ccc(F)c(C(=O)OCC(=O)Nc2ccccc2C(C)=O)c1. The first-order valence-corrected chi connectivity index (χ1v) is 9.44. The zero-order valence-corrected chi connectivity index (χ0v) is 15.8. The van der Waals surface area contributed by atoms with Crippen LogP contribution < -0.4 is 10.0 Å². The maximum absolute atomic E-state index is 13.9. The number of halogens is 1. The standard InChI is InChI=1S/C18H17FN2O6S/c1-11(22)13-5-3-4-6-16(13)21-17(23)10-27-18(24)14-9-12(7-8-15(14)19)28(25,26)20-2/h3-9,20H,10H2,1-2H3,(H,21,23). The van der Waals surface area contributed by atoms with Crippen molar-refractivity contribution in [2.45, 2.75) is 11.8 Å². The smallest absolute Gasteiger partial charge is 0.341 e. The van der Waals surface area contributed by atoms with E-state index in [1.54, 1.807) is 12.1 Å². The minimum atomic E-state index is -3.89. The lowest BCUT2D eigenvalue weighted by molar-refractivity contribution is -0.119. The second kappa shape index (κ2) is 8.72. The Morgan fingerprint density at radius 2 is 1.75 bits per heavy atom. The Balaban J connectivity index is 2.09. The van der Waals surface area contributed by atoms with Gasteiger partial charge in [0.2, 0.25) is 10.0 Å². The maximum Gasteiger partial charge on any atom is 0.341 e. The van der Waals surface area contributed by atoms with E-state index in [0.29, 0.717) is 0 Å². The summed E-state index contributed by atoms with van der Waals surface area (Å²) < 4.78 is 44.2. The minimum Gasteiger partial charge on any atom is -0.452 e. The largest absolute Gasteiger partial charge is 0.452 e. The van der Waals surface area contributed by atoms with Crippen molar-refractivity contribution in [3.05, 3.63) is 59.4 Å². The van der Waals surface area contributed by atoms with Crippen LogP contribution in [0.3, 0.4) is 0 Å². The van der Waals surface area contributed by atoms with Crippen molar-refractivity contribution < 1.29 is 31.9 Å². The lowest BCUT2D eigenvalue weighted by Crippen LogP contribution is -2.23. The Morgan fingerprint density at radius 3 is 2.39 bits per heavy atom. The number of carbonyl (C=O) groups is 3. The van der Waals surface area contributed by atoms with Gasteiger partial charge in [0, 0.05) is 5.56 Å². The first-order chi connectivity index (χ1) is 13.2. The lowest BCUT2D eigenvalue weighted by Gasteiger charge is -2.10. The molecule has 2 aromatic rings. The third kappa shape index (κ3) is 4.99. The summed E-state index contributed by atoms with van der Waals surface area (Å²) in [5, 5.41) is 2.42. The first kappa shape index (κ1) is 21.2. The highest BCUT2D eigenvalue weighted by atomic mass is 32.2. The van der Waals surface area contributed by atoms with Crippen molar-refractivity contribution >= 4 is 33.4 Å². The quantitative estimate of drug-likeness (QED) is 0.532.